The SMILES string of the molecule is COc1ccc(Cl)cc1NC(=O)[C@H](C)Sc1nnc(-c2ccc(C)cc2)o1. The van der Waals surface area contributed by atoms with E-state index in [4.69, 9.17) is 20.8 Å². The second-order valence-corrected chi connectivity index (χ2v) is 7.56. The minimum atomic E-state index is -0.458. The smallest absolute Gasteiger partial charge is 0.277 e. The normalized spacial score (nSPS) is 11.9. The van der Waals surface area contributed by atoms with Gasteiger partial charge in [-0.2, -0.15) is 0 Å². The maximum Gasteiger partial charge on any atom is 0.277 e. The van der Waals surface area contributed by atoms with Crippen molar-refractivity contribution in [3.63, 3.8) is 0 Å². The van der Waals surface area contributed by atoms with Crippen LogP contribution in [0.5, 0.6) is 5.75 Å². The summed E-state index contributed by atoms with van der Waals surface area (Å²) in [5, 5.41) is 11.2. The van der Waals surface area contributed by atoms with E-state index in [0.29, 0.717) is 27.6 Å². The maximum absolute atomic E-state index is 12.5. The molecule has 0 aliphatic rings. The molecule has 2 aromatic carbocycles. The van der Waals surface area contributed by atoms with Crippen LogP contribution in [0, 0.1) is 6.92 Å². The van der Waals surface area contributed by atoms with E-state index in [1.165, 1.54) is 18.9 Å². The Kier molecular flexibility index (Phi) is 6.03. The molecule has 0 aliphatic carbocycles. The zero-order valence-electron chi connectivity index (χ0n) is 15.0. The molecule has 1 amide bonds. The summed E-state index contributed by atoms with van der Waals surface area (Å²) < 4.78 is 10.9. The van der Waals surface area contributed by atoms with E-state index in [0.717, 1.165) is 11.1 Å². The first-order valence-corrected chi connectivity index (χ1v) is 9.43. The standard InChI is InChI=1S/C19H18ClN3O3S/c1-11-4-6-13(7-5-11)18-22-23-19(26-18)27-12(2)17(24)21-15-10-14(20)8-9-16(15)25-3/h4-10,12H,1-3H3,(H,21,24)/t12-/m0/s1. The number of methoxy groups -OCH3 is 1. The molecule has 0 bridgehead atoms. The van der Waals surface area contributed by atoms with Gasteiger partial charge in [-0.3, -0.25) is 4.79 Å². The molecule has 0 saturated carbocycles. The third kappa shape index (κ3) is 4.81. The summed E-state index contributed by atoms with van der Waals surface area (Å²) in [5.74, 6) is 0.724. The number of nitrogens with one attached hydrogen (secondary N) is 1. The first kappa shape index (κ1) is 19.3. The molecule has 140 valence electrons. The molecule has 0 radical (unpaired) electrons. The fourth-order valence-corrected chi connectivity index (χ4v) is 3.14. The summed E-state index contributed by atoms with van der Waals surface area (Å²) in [5.41, 5.74) is 2.49. The summed E-state index contributed by atoms with van der Waals surface area (Å²) in [6.07, 6.45) is 0. The maximum atomic E-state index is 12.5. The Labute approximate surface area is 166 Å². The van der Waals surface area contributed by atoms with Crippen molar-refractivity contribution in [1.29, 1.82) is 0 Å². The number of rotatable bonds is 6. The lowest BCUT2D eigenvalue weighted by Gasteiger charge is -2.13. The van der Waals surface area contributed by atoms with E-state index < -0.39 is 5.25 Å². The molecule has 3 rings (SSSR count). The largest absolute Gasteiger partial charge is 0.495 e. The Bertz CT molecular complexity index is 944. The highest BCUT2D eigenvalue weighted by atomic mass is 35.5. The van der Waals surface area contributed by atoms with Crippen LogP contribution >= 0.6 is 23.4 Å². The zero-order valence-corrected chi connectivity index (χ0v) is 16.6. The van der Waals surface area contributed by atoms with E-state index in [2.05, 4.69) is 15.5 Å². The molecule has 1 N–H and O–H groups in total. The molecule has 6 nitrogen and oxygen atoms in total. The Morgan fingerprint density at radius 3 is 2.67 bits per heavy atom. The van der Waals surface area contributed by atoms with Crippen molar-refractivity contribution in [2.45, 2.75) is 24.3 Å². The van der Waals surface area contributed by atoms with E-state index in [9.17, 15) is 4.79 Å². The minimum absolute atomic E-state index is 0.226. The second-order valence-electron chi connectivity index (χ2n) is 5.83. The minimum Gasteiger partial charge on any atom is -0.495 e. The lowest BCUT2D eigenvalue weighted by atomic mass is 10.1. The molecular formula is C19H18ClN3O3S. The monoisotopic (exact) mass is 403 g/mol. The van der Waals surface area contributed by atoms with Crippen molar-refractivity contribution in [2.24, 2.45) is 0 Å². The van der Waals surface area contributed by atoms with Crippen LogP contribution in [-0.4, -0.2) is 28.5 Å². The molecule has 1 aromatic heterocycles. The van der Waals surface area contributed by atoms with Crippen molar-refractivity contribution in [3.05, 3.63) is 53.1 Å². The number of aromatic nitrogens is 2. The molecule has 1 heterocycles. The third-order valence-corrected chi connectivity index (χ3v) is 4.94. The topological polar surface area (TPSA) is 77.2 Å². The summed E-state index contributed by atoms with van der Waals surface area (Å²) in [6.45, 7) is 3.76. The number of nitrogens with zero attached hydrogens (tertiary/aromatic N) is 2. The van der Waals surface area contributed by atoms with Gasteiger partial charge in [-0.05, 0) is 44.2 Å². The highest BCUT2D eigenvalue weighted by Gasteiger charge is 2.20. The lowest BCUT2D eigenvalue weighted by molar-refractivity contribution is -0.115. The highest BCUT2D eigenvalue weighted by Crippen LogP contribution is 2.30. The first-order valence-electron chi connectivity index (χ1n) is 8.18. The van der Waals surface area contributed by atoms with Crippen LogP contribution < -0.4 is 10.1 Å². The summed E-state index contributed by atoms with van der Waals surface area (Å²) in [7, 11) is 1.53. The van der Waals surface area contributed by atoms with Gasteiger partial charge in [0.1, 0.15) is 5.75 Å². The molecule has 0 unspecified atom stereocenters. The average molecular weight is 404 g/mol. The fourth-order valence-electron chi connectivity index (χ4n) is 2.29. The van der Waals surface area contributed by atoms with Gasteiger partial charge in [-0.25, -0.2) is 0 Å². The average Bonchev–Trinajstić information content (AvgIpc) is 3.11. The van der Waals surface area contributed by atoms with Gasteiger partial charge in [0.05, 0.1) is 18.0 Å². The Morgan fingerprint density at radius 1 is 1.22 bits per heavy atom. The summed E-state index contributed by atoms with van der Waals surface area (Å²) >= 11 is 7.17. The zero-order chi connectivity index (χ0) is 19.4. The van der Waals surface area contributed by atoms with E-state index in [-0.39, 0.29) is 5.91 Å². The van der Waals surface area contributed by atoms with E-state index in [1.807, 2.05) is 31.2 Å². The van der Waals surface area contributed by atoms with Crippen molar-refractivity contribution < 1.29 is 13.9 Å². The number of amides is 1. The van der Waals surface area contributed by atoms with Crippen molar-refractivity contribution in [3.8, 4) is 17.2 Å². The predicted molar refractivity (Wildman–Crippen MR) is 106 cm³/mol. The number of carbonyl (C=O) groups is 1. The Morgan fingerprint density at radius 2 is 1.96 bits per heavy atom. The van der Waals surface area contributed by atoms with Crippen LogP contribution in [0.1, 0.15) is 12.5 Å². The number of anilines is 1. The number of thioether (sulfide) groups is 1. The van der Waals surface area contributed by atoms with E-state index >= 15 is 0 Å². The first-order chi connectivity index (χ1) is 13.0. The van der Waals surface area contributed by atoms with Gasteiger partial charge in [0.15, 0.2) is 0 Å². The van der Waals surface area contributed by atoms with Gasteiger partial charge in [0.25, 0.3) is 5.22 Å². The number of hydrogen-bond donors (Lipinski definition) is 1. The second kappa shape index (κ2) is 8.45. The molecule has 0 fully saturated rings. The fraction of sp³-hybridized carbons (Fsp3) is 0.211. The Balaban J connectivity index is 1.67. The highest BCUT2D eigenvalue weighted by molar-refractivity contribution is 8.00. The lowest BCUT2D eigenvalue weighted by Crippen LogP contribution is -2.22. The van der Waals surface area contributed by atoms with Gasteiger partial charge in [-0.1, -0.05) is 41.1 Å². The molecule has 0 aliphatic heterocycles. The van der Waals surface area contributed by atoms with Gasteiger partial charge in [-0.15, -0.1) is 10.2 Å². The van der Waals surface area contributed by atoms with Crippen LogP contribution in [0.25, 0.3) is 11.5 Å². The molecule has 1 atom stereocenters. The summed E-state index contributed by atoms with van der Waals surface area (Å²) in [4.78, 5) is 12.5. The van der Waals surface area contributed by atoms with Crippen molar-refractivity contribution in [1.82, 2.24) is 10.2 Å². The molecular weight excluding hydrogens is 386 g/mol. The van der Waals surface area contributed by atoms with Crippen LogP contribution in [-0.2, 0) is 4.79 Å². The molecule has 3 aromatic rings. The molecule has 0 saturated heterocycles. The summed E-state index contributed by atoms with van der Waals surface area (Å²) in [6, 6.07) is 12.8. The van der Waals surface area contributed by atoms with Gasteiger partial charge >= 0.3 is 0 Å². The van der Waals surface area contributed by atoms with Crippen LogP contribution in [0.15, 0.2) is 52.1 Å². The number of hydrogen-bond acceptors (Lipinski definition) is 6. The molecule has 0 spiro atoms. The molecule has 27 heavy (non-hydrogen) atoms. The van der Waals surface area contributed by atoms with Gasteiger partial charge in [0, 0.05) is 10.6 Å². The number of ether oxygens (including phenoxy) is 1. The van der Waals surface area contributed by atoms with Crippen LogP contribution in [0.4, 0.5) is 5.69 Å². The van der Waals surface area contributed by atoms with Crippen LogP contribution in [0.2, 0.25) is 5.02 Å². The predicted octanol–water partition coefficient (Wildman–Crippen LogP) is 4.83. The van der Waals surface area contributed by atoms with Crippen molar-refractivity contribution >= 4 is 35.0 Å². The van der Waals surface area contributed by atoms with Crippen molar-refractivity contribution in [2.75, 3.05) is 12.4 Å². The van der Waals surface area contributed by atoms with E-state index in [1.54, 1.807) is 25.1 Å². The number of benzene rings is 2. The van der Waals surface area contributed by atoms with Gasteiger partial charge in [0.2, 0.25) is 11.8 Å². The quantitative estimate of drug-likeness (QED) is 0.594. The number of halogens is 1. The number of carbonyl (C=O) groups excluding carboxylic acids is 1. The van der Waals surface area contributed by atoms with Gasteiger partial charge < -0.3 is 14.5 Å². The third-order valence-electron chi connectivity index (χ3n) is 3.77. The Hall–Kier alpha value is -2.51. The molecule has 8 heteroatoms. The number of aryl methyl sites for hydroxylation is 1. The van der Waals surface area contributed by atoms with Crippen LogP contribution in [0.3, 0.4) is 0 Å².